The normalized spacial score (nSPS) is 11.1. The molecule has 1 heterocycles. The summed E-state index contributed by atoms with van der Waals surface area (Å²) < 4.78 is 5.12. The number of hydrogen-bond donors (Lipinski definition) is 2. The van der Waals surface area contributed by atoms with Gasteiger partial charge >= 0.3 is 6.09 Å². The molecule has 0 atom stereocenters. The number of nitrogens with one attached hydrogen (secondary N) is 2. The minimum Gasteiger partial charge on any atom is -0.444 e. The Bertz CT molecular complexity index is 481. The highest BCUT2D eigenvalue weighted by Crippen LogP contribution is 2.15. The van der Waals surface area contributed by atoms with Crippen LogP contribution in [-0.2, 0) is 4.74 Å². The van der Waals surface area contributed by atoms with E-state index in [1.54, 1.807) is 0 Å². The van der Waals surface area contributed by atoms with E-state index >= 15 is 0 Å². The number of ether oxygens (including phenoxy) is 1. The standard InChI is InChI=1S/C12H20ClN5O2S/c1-5-21-10-17-8(13)16-9(18-10)14-6-7-15-11(19)20-12(2,3)4/h5-7H2,1-4H3,(H,15,19)(H,14,16,17,18). The number of halogens is 1. The Labute approximate surface area is 133 Å². The van der Waals surface area contributed by atoms with Crippen LogP contribution in [0.3, 0.4) is 0 Å². The summed E-state index contributed by atoms with van der Waals surface area (Å²) in [6.07, 6.45) is -0.458. The summed E-state index contributed by atoms with van der Waals surface area (Å²) in [6, 6.07) is 0. The van der Waals surface area contributed by atoms with E-state index in [1.807, 2.05) is 27.7 Å². The minimum atomic E-state index is -0.508. The average Bonchev–Trinajstić information content (AvgIpc) is 2.32. The molecule has 21 heavy (non-hydrogen) atoms. The molecule has 0 aliphatic carbocycles. The van der Waals surface area contributed by atoms with E-state index in [0.717, 1.165) is 5.75 Å². The van der Waals surface area contributed by atoms with Gasteiger partial charge in [0.05, 0.1) is 0 Å². The van der Waals surface area contributed by atoms with Crippen LogP contribution in [0.4, 0.5) is 10.7 Å². The van der Waals surface area contributed by atoms with E-state index in [4.69, 9.17) is 16.3 Å². The van der Waals surface area contributed by atoms with Gasteiger partial charge in [-0.1, -0.05) is 18.7 Å². The Balaban J connectivity index is 2.37. The molecule has 0 aromatic carbocycles. The number of anilines is 1. The van der Waals surface area contributed by atoms with Crippen LogP contribution in [0.1, 0.15) is 27.7 Å². The molecule has 0 saturated heterocycles. The molecular formula is C12H20ClN5O2S. The van der Waals surface area contributed by atoms with Crippen LogP contribution in [-0.4, -0.2) is 45.5 Å². The molecular weight excluding hydrogens is 314 g/mol. The zero-order valence-electron chi connectivity index (χ0n) is 12.6. The Morgan fingerprint density at radius 1 is 1.29 bits per heavy atom. The van der Waals surface area contributed by atoms with Gasteiger partial charge in [-0.2, -0.15) is 15.0 Å². The Kier molecular flexibility index (Phi) is 6.97. The lowest BCUT2D eigenvalue weighted by Crippen LogP contribution is -2.35. The van der Waals surface area contributed by atoms with Crippen LogP contribution in [0.2, 0.25) is 5.28 Å². The van der Waals surface area contributed by atoms with Gasteiger partial charge in [0.25, 0.3) is 0 Å². The number of hydrogen-bond acceptors (Lipinski definition) is 7. The van der Waals surface area contributed by atoms with Crippen molar-refractivity contribution in [2.45, 2.75) is 38.5 Å². The highest BCUT2D eigenvalue weighted by molar-refractivity contribution is 7.99. The van der Waals surface area contributed by atoms with Gasteiger partial charge in [0, 0.05) is 13.1 Å². The molecule has 1 rings (SSSR count). The predicted octanol–water partition coefficient (Wildman–Crippen LogP) is 2.57. The third-order valence-corrected chi connectivity index (χ3v) is 2.84. The molecule has 0 aliphatic rings. The van der Waals surface area contributed by atoms with Gasteiger partial charge in [0.15, 0.2) is 5.16 Å². The largest absolute Gasteiger partial charge is 0.444 e. The number of thioether (sulfide) groups is 1. The fourth-order valence-electron chi connectivity index (χ4n) is 1.26. The van der Waals surface area contributed by atoms with Gasteiger partial charge < -0.3 is 15.4 Å². The summed E-state index contributed by atoms with van der Waals surface area (Å²) in [4.78, 5) is 23.6. The maximum absolute atomic E-state index is 11.4. The Morgan fingerprint density at radius 2 is 2.00 bits per heavy atom. The van der Waals surface area contributed by atoms with E-state index in [0.29, 0.717) is 24.2 Å². The van der Waals surface area contributed by atoms with Gasteiger partial charge in [0.2, 0.25) is 11.2 Å². The first-order chi connectivity index (χ1) is 9.80. The highest BCUT2D eigenvalue weighted by atomic mass is 35.5. The van der Waals surface area contributed by atoms with Crippen molar-refractivity contribution in [3.63, 3.8) is 0 Å². The molecule has 7 nitrogen and oxygen atoms in total. The molecule has 9 heteroatoms. The summed E-state index contributed by atoms with van der Waals surface area (Å²) >= 11 is 7.29. The minimum absolute atomic E-state index is 0.142. The molecule has 0 aliphatic heterocycles. The maximum Gasteiger partial charge on any atom is 0.407 e. The number of carbonyl (C=O) groups is 1. The fraction of sp³-hybridized carbons (Fsp3) is 0.667. The molecule has 0 bridgehead atoms. The second kappa shape index (κ2) is 8.23. The Hall–Kier alpha value is -1.28. The number of nitrogens with zero attached hydrogens (tertiary/aromatic N) is 3. The van der Waals surface area contributed by atoms with Crippen LogP contribution in [0.25, 0.3) is 0 Å². The van der Waals surface area contributed by atoms with E-state index in [9.17, 15) is 4.79 Å². The van der Waals surface area contributed by atoms with Crippen LogP contribution in [0.15, 0.2) is 5.16 Å². The van der Waals surface area contributed by atoms with E-state index in [2.05, 4.69) is 25.6 Å². The molecule has 0 saturated carbocycles. The average molecular weight is 334 g/mol. The molecule has 0 fully saturated rings. The smallest absolute Gasteiger partial charge is 0.407 e. The predicted molar refractivity (Wildman–Crippen MR) is 84.0 cm³/mol. The monoisotopic (exact) mass is 333 g/mol. The van der Waals surface area contributed by atoms with Crippen LogP contribution in [0.5, 0.6) is 0 Å². The highest BCUT2D eigenvalue weighted by Gasteiger charge is 2.15. The summed E-state index contributed by atoms with van der Waals surface area (Å²) in [5.74, 6) is 1.23. The zero-order valence-corrected chi connectivity index (χ0v) is 14.1. The second-order valence-corrected chi connectivity index (χ2v) is 6.57. The number of amides is 1. The van der Waals surface area contributed by atoms with Crippen LogP contribution in [0, 0.1) is 0 Å². The number of rotatable bonds is 6. The molecule has 1 amide bonds. The first-order valence-electron chi connectivity index (χ1n) is 6.55. The van der Waals surface area contributed by atoms with Crippen molar-refractivity contribution in [2.75, 3.05) is 24.2 Å². The third kappa shape index (κ3) is 7.91. The Morgan fingerprint density at radius 3 is 2.62 bits per heavy atom. The summed E-state index contributed by atoms with van der Waals surface area (Å²) in [7, 11) is 0. The summed E-state index contributed by atoms with van der Waals surface area (Å²) in [6.45, 7) is 8.27. The molecule has 2 N–H and O–H groups in total. The van der Waals surface area contributed by atoms with E-state index in [1.165, 1.54) is 11.8 Å². The van der Waals surface area contributed by atoms with Crippen molar-refractivity contribution >= 4 is 35.4 Å². The number of alkyl carbamates (subject to hydrolysis) is 1. The maximum atomic E-state index is 11.4. The lowest BCUT2D eigenvalue weighted by atomic mass is 10.2. The van der Waals surface area contributed by atoms with Crippen molar-refractivity contribution in [1.82, 2.24) is 20.3 Å². The van der Waals surface area contributed by atoms with Crippen molar-refractivity contribution < 1.29 is 9.53 Å². The van der Waals surface area contributed by atoms with Crippen molar-refractivity contribution in [3.8, 4) is 0 Å². The fourth-order valence-corrected chi connectivity index (χ4v) is 2.03. The summed E-state index contributed by atoms with van der Waals surface area (Å²) in [5.41, 5.74) is -0.508. The topological polar surface area (TPSA) is 89.0 Å². The third-order valence-electron chi connectivity index (χ3n) is 1.94. The second-order valence-electron chi connectivity index (χ2n) is 5.00. The quantitative estimate of drug-likeness (QED) is 0.611. The van der Waals surface area contributed by atoms with Crippen LogP contribution >= 0.6 is 23.4 Å². The lowest BCUT2D eigenvalue weighted by molar-refractivity contribution is 0.0530. The van der Waals surface area contributed by atoms with Crippen molar-refractivity contribution in [2.24, 2.45) is 0 Å². The zero-order chi connectivity index (χ0) is 15.9. The van der Waals surface area contributed by atoms with Gasteiger partial charge in [0.1, 0.15) is 5.60 Å². The summed E-state index contributed by atoms with van der Waals surface area (Å²) in [5, 5.41) is 6.31. The first-order valence-corrected chi connectivity index (χ1v) is 7.91. The van der Waals surface area contributed by atoms with E-state index < -0.39 is 11.7 Å². The molecule has 118 valence electrons. The SMILES string of the molecule is CCSc1nc(Cl)nc(NCCNC(=O)OC(C)(C)C)n1. The molecule has 1 aromatic heterocycles. The van der Waals surface area contributed by atoms with Gasteiger partial charge in [-0.3, -0.25) is 0 Å². The van der Waals surface area contributed by atoms with Gasteiger partial charge in [-0.15, -0.1) is 0 Å². The molecule has 0 spiro atoms. The molecule has 0 unspecified atom stereocenters. The van der Waals surface area contributed by atoms with Crippen LogP contribution < -0.4 is 10.6 Å². The number of aromatic nitrogens is 3. The van der Waals surface area contributed by atoms with E-state index in [-0.39, 0.29) is 5.28 Å². The van der Waals surface area contributed by atoms with Crippen molar-refractivity contribution in [3.05, 3.63) is 5.28 Å². The molecule has 0 radical (unpaired) electrons. The van der Waals surface area contributed by atoms with Gasteiger partial charge in [-0.25, -0.2) is 4.79 Å². The first kappa shape index (κ1) is 17.8. The van der Waals surface area contributed by atoms with Gasteiger partial charge in [-0.05, 0) is 38.1 Å². The van der Waals surface area contributed by atoms with Crippen molar-refractivity contribution in [1.29, 1.82) is 0 Å². The molecule has 1 aromatic rings. The number of carbonyl (C=O) groups excluding carboxylic acids is 1. The lowest BCUT2D eigenvalue weighted by Gasteiger charge is -2.19.